The average molecular weight is 377 g/mol. The second-order valence-electron chi connectivity index (χ2n) is 6.32. The summed E-state index contributed by atoms with van der Waals surface area (Å²) in [7, 11) is -3.59. The minimum absolute atomic E-state index is 0.151. The summed E-state index contributed by atoms with van der Waals surface area (Å²) < 4.78 is 40.1. The highest BCUT2D eigenvalue weighted by Gasteiger charge is 2.32. The number of aryl methyl sites for hydroxylation is 1. The summed E-state index contributed by atoms with van der Waals surface area (Å²) in [5.74, 6) is -0.897. The molecule has 2 aromatic rings. The molecule has 1 aliphatic rings. The van der Waals surface area contributed by atoms with Crippen LogP contribution in [-0.4, -0.2) is 36.7 Å². The predicted molar refractivity (Wildman–Crippen MR) is 95.5 cm³/mol. The Balaban J connectivity index is 1.61. The molecule has 1 amide bonds. The van der Waals surface area contributed by atoms with Crippen molar-refractivity contribution in [3.05, 3.63) is 54.1 Å². The van der Waals surface area contributed by atoms with Crippen LogP contribution >= 0.6 is 0 Å². The van der Waals surface area contributed by atoms with Crippen LogP contribution in [0.15, 0.2) is 47.6 Å². The zero-order valence-electron chi connectivity index (χ0n) is 14.4. The maximum Gasteiger partial charge on any atom is 0.244 e. The monoisotopic (exact) mass is 377 g/mol. The molecule has 6 nitrogen and oxygen atoms in total. The number of aromatic nitrogens is 1. The van der Waals surface area contributed by atoms with Crippen molar-refractivity contribution in [3.8, 4) is 0 Å². The highest BCUT2D eigenvalue weighted by atomic mass is 32.2. The maximum atomic E-state index is 13.6. The molecule has 1 N–H and O–H groups in total. The summed E-state index contributed by atoms with van der Waals surface area (Å²) in [4.78, 5) is 16.4. The van der Waals surface area contributed by atoms with Crippen molar-refractivity contribution in [1.82, 2.24) is 9.29 Å². The van der Waals surface area contributed by atoms with E-state index in [2.05, 4.69) is 10.3 Å². The van der Waals surface area contributed by atoms with Gasteiger partial charge in [0, 0.05) is 37.1 Å². The Labute approximate surface area is 152 Å². The number of rotatable bonds is 4. The van der Waals surface area contributed by atoms with Gasteiger partial charge in [-0.05, 0) is 49.6 Å². The largest absolute Gasteiger partial charge is 0.326 e. The Kier molecular flexibility index (Phi) is 5.33. The van der Waals surface area contributed by atoms with Gasteiger partial charge in [0.05, 0.1) is 0 Å². The van der Waals surface area contributed by atoms with E-state index < -0.39 is 10.0 Å². The number of nitrogens with zero attached hydrogens (tertiary/aromatic N) is 2. The van der Waals surface area contributed by atoms with Crippen LogP contribution in [0.4, 0.5) is 10.1 Å². The molecule has 2 heterocycles. The van der Waals surface area contributed by atoms with Crippen LogP contribution < -0.4 is 5.32 Å². The lowest BCUT2D eigenvalue weighted by Gasteiger charge is -2.30. The van der Waals surface area contributed by atoms with Crippen LogP contribution in [-0.2, 0) is 14.8 Å². The van der Waals surface area contributed by atoms with E-state index in [-0.39, 0.29) is 35.6 Å². The number of amides is 1. The molecule has 1 saturated heterocycles. The quantitative estimate of drug-likeness (QED) is 0.888. The highest BCUT2D eigenvalue weighted by molar-refractivity contribution is 7.89. The zero-order valence-corrected chi connectivity index (χ0v) is 15.2. The summed E-state index contributed by atoms with van der Waals surface area (Å²) in [6.07, 6.45) is 3.67. The van der Waals surface area contributed by atoms with Gasteiger partial charge in [-0.3, -0.25) is 9.78 Å². The third-order valence-corrected chi connectivity index (χ3v) is 6.42. The number of benzene rings is 1. The number of piperidine rings is 1. The van der Waals surface area contributed by atoms with Crippen LogP contribution in [0.2, 0.25) is 0 Å². The lowest BCUT2D eigenvalue weighted by atomic mass is 9.97. The van der Waals surface area contributed by atoms with Gasteiger partial charge in [-0.2, -0.15) is 4.31 Å². The highest BCUT2D eigenvalue weighted by Crippen LogP contribution is 2.25. The van der Waals surface area contributed by atoms with Crippen LogP contribution in [0.1, 0.15) is 18.4 Å². The van der Waals surface area contributed by atoms with Crippen LogP contribution in [0.5, 0.6) is 0 Å². The average Bonchev–Trinajstić information content (AvgIpc) is 2.65. The molecule has 1 aromatic carbocycles. The van der Waals surface area contributed by atoms with Crippen molar-refractivity contribution in [3.63, 3.8) is 0 Å². The second-order valence-corrected chi connectivity index (χ2v) is 8.26. The number of sulfonamides is 1. The van der Waals surface area contributed by atoms with Crippen molar-refractivity contribution >= 4 is 21.6 Å². The van der Waals surface area contributed by atoms with Gasteiger partial charge >= 0.3 is 0 Å². The Hall–Kier alpha value is -2.32. The predicted octanol–water partition coefficient (Wildman–Crippen LogP) is 2.57. The van der Waals surface area contributed by atoms with Gasteiger partial charge in [-0.15, -0.1) is 0 Å². The van der Waals surface area contributed by atoms with Gasteiger partial charge in [-0.1, -0.05) is 6.07 Å². The first-order valence-corrected chi connectivity index (χ1v) is 9.79. The third kappa shape index (κ3) is 3.91. The normalized spacial score (nSPS) is 16.4. The molecule has 0 aliphatic carbocycles. The Morgan fingerprint density at radius 2 is 2.00 bits per heavy atom. The number of anilines is 1. The fraction of sp³-hybridized carbons (Fsp3) is 0.333. The van der Waals surface area contributed by atoms with E-state index in [1.54, 1.807) is 25.1 Å². The number of hydrogen-bond acceptors (Lipinski definition) is 4. The first-order valence-electron chi connectivity index (χ1n) is 8.35. The molecule has 26 heavy (non-hydrogen) atoms. The molecule has 138 valence electrons. The Bertz CT molecular complexity index is 895. The van der Waals surface area contributed by atoms with Gasteiger partial charge < -0.3 is 5.32 Å². The van der Waals surface area contributed by atoms with Crippen molar-refractivity contribution < 1.29 is 17.6 Å². The number of carbonyl (C=O) groups is 1. The van der Waals surface area contributed by atoms with Crippen molar-refractivity contribution in [2.45, 2.75) is 24.7 Å². The summed E-state index contributed by atoms with van der Waals surface area (Å²) in [5.41, 5.74) is 0.917. The Morgan fingerprint density at radius 3 is 2.62 bits per heavy atom. The van der Waals surface area contributed by atoms with Crippen molar-refractivity contribution in [1.29, 1.82) is 0 Å². The van der Waals surface area contributed by atoms with Gasteiger partial charge in [0.2, 0.25) is 15.9 Å². The first-order chi connectivity index (χ1) is 12.4. The van der Waals surface area contributed by atoms with Gasteiger partial charge in [-0.25, -0.2) is 12.8 Å². The maximum absolute atomic E-state index is 13.6. The zero-order chi connectivity index (χ0) is 18.7. The van der Waals surface area contributed by atoms with E-state index in [0.717, 1.165) is 0 Å². The molecular formula is C18H20FN3O3S. The molecule has 1 fully saturated rings. The summed E-state index contributed by atoms with van der Waals surface area (Å²) in [6, 6.07) is 7.63. The molecule has 1 aliphatic heterocycles. The lowest BCUT2D eigenvalue weighted by molar-refractivity contribution is -0.120. The molecule has 3 rings (SSSR count). The van der Waals surface area contributed by atoms with E-state index in [1.807, 2.05) is 0 Å². The van der Waals surface area contributed by atoms with E-state index in [1.165, 1.54) is 28.8 Å². The van der Waals surface area contributed by atoms with Gasteiger partial charge in [0.1, 0.15) is 10.7 Å². The van der Waals surface area contributed by atoms with Crippen molar-refractivity contribution in [2.24, 2.45) is 5.92 Å². The minimum Gasteiger partial charge on any atom is -0.326 e. The van der Waals surface area contributed by atoms with E-state index in [0.29, 0.717) is 24.1 Å². The number of pyridine rings is 1. The topological polar surface area (TPSA) is 79.4 Å². The molecular weight excluding hydrogens is 357 g/mol. The van der Waals surface area contributed by atoms with Gasteiger partial charge in [0.25, 0.3) is 0 Å². The standard InChI is InChI=1S/C18H20FN3O3S/c1-13-4-5-15(11-17(13)19)21-18(23)14-6-9-22(10-7-14)26(24,25)16-3-2-8-20-12-16/h2-5,8,11-12,14H,6-7,9-10H2,1H3,(H,21,23). The van der Waals surface area contributed by atoms with Crippen LogP contribution in [0, 0.1) is 18.7 Å². The number of nitrogens with one attached hydrogen (secondary N) is 1. The molecule has 1 aromatic heterocycles. The molecule has 8 heteroatoms. The third-order valence-electron chi connectivity index (χ3n) is 4.54. The van der Waals surface area contributed by atoms with Crippen LogP contribution in [0.3, 0.4) is 0 Å². The molecule has 0 unspecified atom stereocenters. The molecule has 0 saturated carbocycles. The lowest BCUT2D eigenvalue weighted by Crippen LogP contribution is -2.41. The first kappa shape index (κ1) is 18.5. The molecule has 0 bridgehead atoms. The molecule has 0 radical (unpaired) electrons. The summed E-state index contributed by atoms with van der Waals surface area (Å²) in [5, 5.41) is 2.71. The SMILES string of the molecule is Cc1ccc(NC(=O)C2CCN(S(=O)(=O)c3cccnc3)CC2)cc1F. The number of hydrogen-bond donors (Lipinski definition) is 1. The summed E-state index contributed by atoms with van der Waals surface area (Å²) in [6.45, 7) is 2.18. The smallest absolute Gasteiger partial charge is 0.244 e. The van der Waals surface area contributed by atoms with E-state index in [9.17, 15) is 17.6 Å². The fourth-order valence-electron chi connectivity index (χ4n) is 2.92. The van der Waals surface area contributed by atoms with Crippen LogP contribution in [0.25, 0.3) is 0 Å². The van der Waals surface area contributed by atoms with Crippen molar-refractivity contribution in [2.75, 3.05) is 18.4 Å². The summed E-state index contributed by atoms with van der Waals surface area (Å²) >= 11 is 0. The Morgan fingerprint density at radius 1 is 1.27 bits per heavy atom. The number of carbonyl (C=O) groups excluding carboxylic acids is 1. The molecule has 0 spiro atoms. The second kappa shape index (κ2) is 7.51. The minimum atomic E-state index is -3.59. The molecule has 0 atom stereocenters. The van der Waals surface area contributed by atoms with E-state index in [4.69, 9.17) is 0 Å². The van der Waals surface area contributed by atoms with E-state index >= 15 is 0 Å². The van der Waals surface area contributed by atoms with Gasteiger partial charge in [0.15, 0.2) is 0 Å². The fourth-order valence-corrected chi connectivity index (χ4v) is 4.36. The number of halogens is 1.